The maximum Gasteiger partial charge on any atom is 0.137 e. The Balaban J connectivity index is 1.79. The number of ether oxygens (including phenoxy) is 2. The number of hydrogen-bond acceptors (Lipinski definition) is 5. The fraction of sp³-hybridized carbons (Fsp3) is 0.529. The summed E-state index contributed by atoms with van der Waals surface area (Å²) >= 11 is 0. The predicted octanol–water partition coefficient (Wildman–Crippen LogP) is 2.39. The van der Waals surface area contributed by atoms with E-state index >= 15 is 0 Å². The normalized spacial score (nSPS) is 21.7. The van der Waals surface area contributed by atoms with Gasteiger partial charge in [0.25, 0.3) is 0 Å². The molecule has 6 nitrogen and oxygen atoms in total. The van der Waals surface area contributed by atoms with E-state index in [1.165, 1.54) is 0 Å². The molecule has 1 fully saturated rings. The quantitative estimate of drug-likeness (QED) is 0.917. The first kappa shape index (κ1) is 16.0. The Bertz CT molecular complexity index is 634. The number of pyridine rings is 1. The average molecular weight is 316 g/mol. The first-order chi connectivity index (χ1) is 11.1. The number of aryl methyl sites for hydroxylation is 2. The summed E-state index contributed by atoms with van der Waals surface area (Å²) < 4.78 is 10.7. The molecular formula is C17H24N4O2. The molecule has 3 heterocycles. The Morgan fingerprint density at radius 2 is 2.13 bits per heavy atom. The van der Waals surface area contributed by atoms with Crippen molar-refractivity contribution in [1.82, 2.24) is 19.9 Å². The molecule has 0 unspecified atom stereocenters. The molecule has 0 aromatic carbocycles. The van der Waals surface area contributed by atoms with Crippen LogP contribution in [0.15, 0.2) is 18.3 Å². The van der Waals surface area contributed by atoms with Crippen molar-refractivity contribution in [3.8, 4) is 5.75 Å². The molecule has 2 aromatic heterocycles. The zero-order chi connectivity index (χ0) is 16.4. The molecule has 2 aromatic rings. The smallest absolute Gasteiger partial charge is 0.137 e. The van der Waals surface area contributed by atoms with Crippen LogP contribution in [-0.2, 0) is 11.3 Å². The van der Waals surface area contributed by atoms with Gasteiger partial charge in [0.1, 0.15) is 11.6 Å². The minimum atomic E-state index is 0.226. The number of nitrogens with one attached hydrogen (secondary N) is 1. The second-order valence-corrected chi connectivity index (χ2v) is 6.06. The van der Waals surface area contributed by atoms with Gasteiger partial charge < -0.3 is 14.5 Å². The molecule has 0 spiro atoms. The van der Waals surface area contributed by atoms with Crippen LogP contribution in [0.4, 0.5) is 0 Å². The van der Waals surface area contributed by atoms with Crippen LogP contribution in [0.3, 0.4) is 0 Å². The molecule has 1 aliphatic heterocycles. The second kappa shape index (κ2) is 6.68. The van der Waals surface area contributed by atoms with Gasteiger partial charge in [-0.1, -0.05) is 0 Å². The third-order valence-corrected chi connectivity index (χ3v) is 4.56. The standard InChI is InChI=1S/C17H24N4O2/c1-11-12(2)20-17(19-11)16-7-15(23-4)10-21(16)9-13-5-6-14(22-3)8-18-13/h5-6,8,15-16H,7,9-10H2,1-4H3,(H,19,20)/t15-,16+/m1/s1. The van der Waals surface area contributed by atoms with E-state index in [2.05, 4.69) is 26.8 Å². The van der Waals surface area contributed by atoms with E-state index in [9.17, 15) is 0 Å². The summed E-state index contributed by atoms with van der Waals surface area (Å²) in [6.07, 6.45) is 2.93. The van der Waals surface area contributed by atoms with Crippen molar-refractivity contribution in [3.63, 3.8) is 0 Å². The van der Waals surface area contributed by atoms with Crippen LogP contribution in [0.25, 0.3) is 0 Å². The fourth-order valence-corrected chi connectivity index (χ4v) is 3.06. The van der Waals surface area contributed by atoms with E-state index < -0.39 is 0 Å². The van der Waals surface area contributed by atoms with Crippen molar-refractivity contribution in [1.29, 1.82) is 0 Å². The lowest BCUT2D eigenvalue weighted by Crippen LogP contribution is -2.25. The molecule has 1 aliphatic rings. The largest absolute Gasteiger partial charge is 0.495 e. The number of methoxy groups -OCH3 is 2. The molecular weight excluding hydrogens is 292 g/mol. The highest BCUT2D eigenvalue weighted by atomic mass is 16.5. The van der Waals surface area contributed by atoms with Gasteiger partial charge in [0, 0.05) is 25.9 Å². The van der Waals surface area contributed by atoms with Gasteiger partial charge in [-0.3, -0.25) is 9.88 Å². The van der Waals surface area contributed by atoms with Gasteiger partial charge in [-0.05, 0) is 32.4 Å². The Kier molecular flexibility index (Phi) is 4.63. The van der Waals surface area contributed by atoms with Gasteiger partial charge in [-0.2, -0.15) is 0 Å². The summed E-state index contributed by atoms with van der Waals surface area (Å²) in [4.78, 5) is 15.0. The van der Waals surface area contributed by atoms with E-state index in [0.717, 1.165) is 48.2 Å². The number of aromatic amines is 1. The summed E-state index contributed by atoms with van der Waals surface area (Å²) in [6.45, 7) is 5.75. The van der Waals surface area contributed by atoms with Gasteiger partial charge in [0.2, 0.25) is 0 Å². The molecule has 3 rings (SSSR count). The molecule has 1 saturated heterocycles. The Morgan fingerprint density at radius 1 is 1.30 bits per heavy atom. The van der Waals surface area contributed by atoms with Crippen LogP contribution in [-0.4, -0.2) is 46.7 Å². The van der Waals surface area contributed by atoms with E-state index in [1.54, 1.807) is 20.4 Å². The molecule has 124 valence electrons. The first-order valence-electron chi connectivity index (χ1n) is 7.89. The average Bonchev–Trinajstić information content (AvgIpc) is 3.11. The Labute approximate surface area is 136 Å². The highest BCUT2D eigenvalue weighted by Gasteiger charge is 2.35. The van der Waals surface area contributed by atoms with Crippen molar-refractivity contribution < 1.29 is 9.47 Å². The lowest BCUT2D eigenvalue weighted by atomic mass is 10.2. The van der Waals surface area contributed by atoms with Crippen LogP contribution in [0.5, 0.6) is 5.75 Å². The number of H-pyrrole nitrogens is 1. The van der Waals surface area contributed by atoms with E-state index in [4.69, 9.17) is 9.47 Å². The van der Waals surface area contributed by atoms with E-state index in [1.807, 2.05) is 19.1 Å². The summed E-state index contributed by atoms with van der Waals surface area (Å²) in [6, 6.07) is 4.19. The van der Waals surface area contributed by atoms with Crippen LogP contribution >= 0.6 is 0 Å². The Hall–Kier alpha value is -1.92. The van der Waals surface area contributed by atoms with Crippen LogP contribution < -0.4 is 4.74 Å². The van der Waals surface area contributed by atoms with Crippen molar-refractivity contribution in [2.45, 2.75) is 39.0 Å². The van der Waals surface area contributed by atoms with Gasteiger partial charge in [0.05, 0.1) is 36.8 Å². The third kappa shape index (κ3) is 3.38. The highest BCUT2D eigenvalue weighted by Crippen LogP contribution is 2.33. The minimum Gasteiger partial charge on any atom is -0.495 e. The fourth-order valence-electron chi connectivity index (χ4n) is 3.06. The van der Waals surface area contributed by atoms with E-state index in [-0.39, 0.29) is 12.1 Å². The maximum atomic E-state index is 5.58. The number of hydrogen-bond donors (Lipinski definition) is 1. The monoisotopic (exact) mass is 316 g/mol. The predicted molar refractivity (Wildman–Crippen MR) is 87.4 cm³/mol. The van der Waals surface area contributed by atoms with Gasteiger partial charge >= 0.3 is 0 Å². The van der Waals surface area contributed by atoms with Crippen molar-refractivity contribution in [2.24, 2.45) is 0 Å². The zero-order valence-corrected chi connectivity index (χ0v) is 14.2. The molecule has 0 amide bonds. The molecule has 0 bridgehead atoms. The number of nitrogens with zero attached hydrogens (tertiary/aromatic N) is 3. The highest BCUT2D eigenvalue weighted by molar-refractivity contribution is 5.20. The molecule has 2 atom stereocenters. The van der Waals surface area contributed by atoms with Crippen molar-refractivity contribution >= 4 is 0 Å². The van der Waals surface area contributed by atoms with Crippen LogP contribution in [0.2, 0.25) is 0 Å². The lowest BCUT2D eigenvalue weighted by Gasteiger charge is -2.22. The SMILES string of the molecule is COc1ccc(CN2C[C@H](OC)C[C@H]2c2nc(C)c(C)[nH]2)nc1. The number of aromatic nitrogens is 3. The van der Waals surface area contributed by atoms with E-state index in [0.29, 0.717) is 0 Å². The maximum absolute atomic E-state index is 5.58. The molecule has 0 radical (unpaired) electrons. The molecule has 1 N–H and O–H groups in total. The van der Waals surface area contributed by atoms with Crippen molar-refractivity contribution in [2.75, 3.05) is 20.8 Å². The third-order valence-electron chi connectivity index (χ3n) is 4.56. The number of likely N-dealkylation sites (tertiary alicyclic amines) is 1. The van der Waals surface area contributed by atoms with Crippen LogP contribution in [0.1, 0.15) is 35.4 Å². The molecule has 23 heavy (non-hydrogen) atoms. The van der Waals surface area contributed by atoms with Crippen LogP contribution in [0, 0.1) is 13.8 Å². The molecule has 6 heteroatoms. The van der Waals surface area contributed by atoms with Crippen molar-refractivity contribution in [3.05, 3.63) is 41.2 Å². The Morgan fingerprint density at radius 3 is 2.70 bits per heavy atom. The molecule has 0 saturated carbocycles. The van der Waals surface area contributed by atoms with Gasteiger partial charge in [-0.25, -0.2) is 4.98 Å². The number of imidazole rings is 1. The summed E-state index contributed by atoms with van der Waals surface area (Å²) in [5.41, 5.74) is 3.21. The van der Waals surface area contributed by atoms with Gasteiger partial charge in [0.15, 0.2) is 0 Å². The minimum absolute atomic E-state index is 0.226. The topological polar surface area (TPSA) is 63.3 Å². The second-order valence-electron chi connectivity index (χ2n) is 6.06. The zero-order valence-electron chi connectivity index (χ0n) is 14.2. The summed E-state index contributed by atoms with van der Waals surface area (Å²) in [7, 11) is 3.42. The first-order valence-corrected chi connectivity index (χ1v) is 7.89. The summed E-state index contributed by atoms with van der Waals surface area (Å²) in [5, 5.41) is 0. The molecule has 0 aliphatic carbocycles. The summed E-state index contributed by atoms with van der Waals surface area (Å²) in [5.74, 6) is 1.80. The van der Waals surface area contributed by atoms with Gasteiger partial charge in [-0.15, -0.1) is 0 Å². The number of rotatable bonds is 5. The lowest BCUT2D eigenvalue weighted by molar-refractivity contribution is 0.107.